The van der Waals surface area contributed by atoms with Crippen LogP contribution in [0.25, 0.3) is 10.8 Å². The Labute approximate surface area is 146 Å². The minimum atomic E-state index is -0.438. The fourth-order valence-corrected chi connectivity index (χ4v) is 2.96. The first-order valence-electron chi connectivity index (χ1n) is 6.86. The lowest BCUT2D eigenvalue weighted by atomic mass is 10.3. The SMILES string of the molecule is COc1ccc(Cl)cc1NC(=O)Nc1ccsc1-c1nc(C)no1. The van der Waals surface area contributed by atoms with Gasteiger partial charge in [0.05, 0.1) is 18.5 Å². The summed E-state index contributed by atoms with van der Waals surface area (Å²) < 4.78 is 10.3. The third-order valence-corrected chi connectivity index (χ3v) is 4.18. The quantitative estimate of drug-likeness (QED) is 0.715. The van der Waals surface area contributed by atoms with Crippen molar-refractivity contribution in [2.24, 2.45) is 0 Å². The zero-order chi connectivity index (χ0) is 17.1. The second-order valence-electron chi connectivity index (χ2n) is 4.73. The van der Waals surface area contributed by atoms with Gasteiger partial charge in [0.1, 0.15) is 10.6 Å². The molecule has 2 aromatic heterocycles. The van der Waals surface area contributed by atoms with Crippen molar-refractivity contribution in [1.29, 1.82) is 0 Å². The Kier molecular flexibility index (Phi) is 4.68. The number of benzene rings is 1. The summed E-state index contributed by atoms with van der Waals surface area (Å²) in [6.07, 6.45) is 0. The number of carbonyl (C=O) groups excluding carboxylic acids is 1. The Bertz CT molecular complexity index is 877. The number of nitrogens with zero attached hydrogens (tertiary/aromatic N) is 2. The highest BCUT2D eigenvalue weighted by Gasteiger charge is 2.16. The number of rotatable bonds is 4. The molecule has 0 radical (unpaired) electrons. The monoisotopic (exact) mass is 364 g/mol. The molecule has 2 amide bonds. The van der Waals surface area contributed by atoms with Crippen LogP contribution in [0, 0.1) is 6.92 Å². The van der Waals surface area contributed by atoms with Gasteiger partial charge in [0.25, 0.3) is 5.89 Å². The van der Waals surface area contributed by atoms with Crippen LogP contribution < -0.4 is 15.4 Å². The highest BCUT2D eigenvalue weighted by Crippen LogP contribution is 2.33. The first-order chi connectivity index (χ1) is 11.6. The number of halogens is 1. The van der Waals surface area contributed by atoms with Crippen molar-refractivity contribution in [1.82, 2.24) is 10.1 Å². The molecule has 3 aromatic rings. The van der Waals surface area contributed by atoms with Crippen molar-refractivity contribution in [3.63, 3.8) is 0 Å². The summed E-state index contributed by atoms with van der Waals surface area (Å²) in [5.41, 5.74) is 1.04. The minimum Gasteiger partial charge on any atom is -0.495 e. The number of thiophene rings is 1. The van der Waals surface area contributed by atoms with Gasteiger partial charge >= 0.3 is 6.03 Å². The van der Waals surface area contributed by atoms with E-state index in [1.54, 1.807) is 31.2 Å². The van der Waals surface area contributed by atoms with Crippen molar-refractivity contribution in [2.75, 3.05) is 17.7 Å². The molecule has 0 aliphatic heterocycles. The summed E-state index contributed by atoms with van der Waals surface area (Å²) >= 11 is 7.34. The largest absolute Gasteiger partial charge is 0.495 e. The summed E-state index contributed by atoms with van der Waals surface area (Å²) in [5.74, 6) is 1.39. The Morgan fingerprint density at radius 2 is 2.08 bits per heavy atom. The molecule has 0 aliphatic rings. The fourth-order valence-electron chi connectivity index (χ4n) is 2.02. The lowest BCUT2D eigenvalue weighted by Crippen LogP contribution is -2.19. The predicted octanol–water partition coefficient (Wildman–Crippen LogP) is 4.41. The number of ether oxygens (including phenoxy) is 1. The van der Waals surface area contributed by atoms with Crippen LogP contribution in [0.5, 0.6) is 5.75 Å². The third-order valence-electron chi connectivity index (χ3n) is 3.04. The zero-order valence-corrected chi connectivity index (χ0v) is 14.4. The van der Waals surface area contributed by atoms with Crippen molar-refractivity contribution < 1.29 is 14.1 Å². The zero-order valence-electron chi connectivity index (χ0n) is 12.8. The number of nitrogens with one attached hydrogen (secondary N) is 2. The topological polar surface area (TPSA) is 89.3 Å². The molecule has 1 aromatic carbocycles. The predicted molar refractivity (Wildman–Crippen MR) is 93.0 cm³/mol. The van der Waals surface area contributed by atoms with Gasteiger partial charge in [-0.1, -0.05) is 16.8 Å². The maximum absolute atomic E-state index is 12.3. The lowest BCUT2D eigenvalue weighted by Gasteiger charge is -2.11. The van der Waals surface area contributed by atoms with E-state index in [2.05, 4.69) is 20.8 Å². The number of aryl methyl sites for hydroxylation is 1. The highest BCUT2D eigenvalue weighted by atomic mass is 35.5. The smallest absolute Gasteiger partial charge is 0.323 e. The van der Waals surface area contributed by atoms with Gasteiger partial charge in [0, 0.05) is 5.02 Å². The van der Waals surface area contributed by atoms with Crippen molar-refractivity contribution in [2.45, 2.75) is 6.92 Å². The fraction of sp³-hybridized carbons (Fsp3) is 0.133. The molecule has 0 unspecified atom stereocenters. The highest BCUT2D eigenvalue weighted by molar-refractivity contribution is 7.14. The van der Waals surface area contributed by atoms with E-state index in [0.717, 1.165) is 0 Å². The summed E-state index contributed by atoms with van der Waals surface area (Å²) in [7, 11) is 1.52. The number of urea groups is 1. The second-order valence-corrected chi connectivity index (χ2v) is 6.09. The molecule has 2 N–H and O–H groups in total. The molecule has 124 valence electrons. The van der Waals surface area contributed by atoms with Gasteiger partial charge in [-0.15, -0.1) is 11.3 Å². The molecule has 0 saturated heterocycles. The van der Waals surface area contributed by atoms with E-state index in [1.165, 1.54) is 18.4 Å². The number of methoxy groups -OCH3 is 1. The Morgan fingerprint density at radius 3 is 2.79 bits per heavy atom. The Hall–Kier alpha value is -2.58. The van der Waals surface area contributed by atoms with Crippen molar-refractivity contribution in [3.05, 3.63) is 40.5 Å². The minimum absolute atomic E-state index is 0.359. The number of carbonyl (C=O) groups is 1. The van der Waals surface area contributed by atoms with E-state index in [-0.39, 0.29) is 0 Å². The molecular weight excluding hydrogens is 352 g/mol. The standard InChI is InChI=1S/C15H13ClN4O3S/c1-8-17-14(23-20-8)13-10(5-6-24-13)18-15(21)19-11-7-9(16)3-4-12(11)22-2/h3-7H,1-2H3,(H2,18,19,21). The van der Waals surface area contributed by atoms with E-state index in [4.69, 9.17) is 20.9 Å². The van der Waals surface area contributed by atoms with E-state index in [0.29, 0.717) is 38.7 Å². The van der Waals surface area contributed by atoms with Gasteiger partial charge < -0.3 is 19.9 Å². The first kappa shape index (κ1) is 16.3. The molecular formula is C15H13ClN4O3S. The normalized spacial score (nSPS) is 10.5. The van der Waals surface area contributed by atoms with Gasteiger partial charge in [-0.05, 0) is 36.6 Å². The van der Waals surface area contributed by atoms with E-state index in [9.17, 15) is 4.79 Å². The van der Waals surface area contributed by atoms with Gasteiger partial charge in [0.2, 0.25) is 0 Å². The number of hydrogen-bond donors (Lipinski definition) is 2. The maximum Gasteiger partial charge on any atom is 0.323 e. The van der Waals surface area contributed by atoms with E-state index in [1.807, 2.05) is 5.38 Å². The summed E-state index contributed by atoms with van der Waals surface area (Å²) in [4.78, 5) is 17.1. The summed E-state index contributed by atoms with van der Waals surface area (Å²) in [5, 5.41) is 11.5. The van der Waals surface area contributed by atoms with Gasteiger partial charge in [-0.25, -0.2) is 4.79 Å². The van der Waals surface area contributed by atoms with Crippen LogP contribution in [0.1, 0.15) is 5.82 Å². The van der Waals surface area contributed by atoms with Crippen LogP contribution in [0.2, 0.25) is 5.02 Å². The van der Waals surface area contributed by atoms with Gasteiger partial charge in [-0.2, -0.15) is 4.98 Å². The molecule has 24 heavy (non-hydrogen) atoms. The van der Waals surface area contributed by atoms with Crippen molar-refractivity contribution >= 4 is 40.3 Å². The van der Waals surface area contributed by atoms with Gasteiger partial charge in [-0.3, -0.25) is 0 Å². The maximum atomic E-state index is 12.3. The lowest BCUT2D eigenvalue weighted by molar-refractivity contribution is 0.262. The molecule has 2 heterocycles. The van der Waals surface area contributed by atoms with Crippen LogP contribution in [-0.2, 0) is 0 Å². The average molecular weight is 365 g/mol. The van der Waals surface area contributed by atoms with Crippen molar-refractivity contribution in [3.8, 4) is 16.5 Å². The average Bonchev–Trinajstić information content (AvgIpc) is 3.16. The molecule has 0 aliphatic carbocycles. The number of amides is 2. The van der Waals surface area contributed by atoms with Gasteiger partial charge in [0.15, 0.2) is 5.82 Å². The number of hydrogen-bond acceptors (Lipinski definition) is 6. The number of anilines is 2. The third kappa shape index (κ3) is 3.50. The second kappa shape index (κ2) is 6.90. The van der Waals surface area contributed by atoms with Crippen LogP contribution in [0.3, 0.4) is 0 Å². The summed E-state index contributed by atoms with van der Waals surface area (Å²) in [6, 6.07) is 6.28. The van der Waals surface area contributed by atoms with Crippen LogP contribution in [-0.4, -0.2) is 23.3 Å². The Morgan fingerprint density at radius 1 is 1.29 bits per heavy atom. The van der Waals surface area contributed by atoms with Crippen LogP contribution in [0.4, 0.5) is 16.2 Å². The van der Waals surface area contributed by atoms with E-state index >= 15 is 0 Å². The molecule has 0 bridgehead atoms. The summed E-state index contributed by atoms with van der Waals surface area (Å²) in [6.45, 7) is 1.73. The molecule has 0 fully saturated rings. The first-order valence-corrected chi connectivity index (χ1v) is 8.12. The molecule has 3 rings (SSSR count). The Balaban J connectivity index is 1.77. The van der Waals surface area contributed by atoms with Crippen LogP contribution >= 0.6 is 22.9 Å². The number of aromatic nitrogens is 2. The van der Waals surface area contributed by atoms with Crippen LogP contribution in [0.15, 0.2) is 34.2 Å². The molecule has 0 spiro atoms. The van der Waals surface area contributed by atoms with E-state index < -0.39 is 6.03 Å². The molecule has 7 nitrogen and oxygen atoms in total. The molecule has 9 heteroatoms. The molecule has 0 atom stereocenters. The molecule has 0 saturated carbocycles.